The average molecular weight is 468 g/mol. The first-order valence-corrected chi connectivity index (χ1v) is 11.4. The molecule has 0 aliphatic carbocycles. The number of anilines is 1. The molecule has 0 bridgehead atoms. The summed E-state index contributed by atoms with van der Waals surface area (Å²) in [5, 5.41) is 2.63. The van der Waals surface area contributed by atoms with Gasteiger partial charge in [0.15, 0.2) is 5.03 Å². The molecule has 1 heterocycles. The van der Waals surface area contributed by atoms with E-state index in [9.17, 15) is 18.0 Å². The van der Waals surface area contributed by atoms with Gasteiger partial charge in [-0.25, -0.2) is 14.5 Å². The molecule has 0 spiro atoms. The first-order valence-electron chi connectivity index (χ1n) is 9.54. The highest BCUT2D eigenvalue weighted by atomic mass is 35.5. The van der Waals surface area contributed by atoms with Crippen LogP contribution in [0, 0.1) is 0 Å². The Morgan fingerprint density at radius 1 is 1.03 bits per heavy atom. The lowest BCUT2D eigenvalue weighted by atomic mass is 9.92. The van der Waals surface area contributed by atoms with E-state index in [0.717, 1.165) is 23.5 Å². The molecule has 0 unspecified atom stereocenters. The van der Waals surface area contributed by atoms with Gasteiger partial charge in [0.25, 0.3) is 15.9 Å². The molecule has 0 aliphatic heterocycles. The first kappa shape index (κ1) is 24.5. The molecule has 2 aromatic rings. The van der Waals surface area contributed by atoms with Gasteiger partial charge in [0, 0.05) is 24.8 Å². The van der Waals surface area contributed by atoms with Crippen LogP contribution in [0.5, 0.6) is 0 Å². The summed E-state index contributed by atoms with van der Waals surface area (Å²) < 4.78 is 27.2. The second-order valence-electron chi connectivity index (χ2n) is 7.77. The number of benzene rings is 1. The van der Waals surface area contributed by atoms with Crippen molar-refractivity contribution in [2.45, 2.75) is 44.6 Å². The number of rotatable bonds is 6. The summed E-state index contributed by atoms with van der Waals surface area (Å²) in [4.78, 5) is 33.5. The third-order valence-corrected chi connectivity index (χ3v) is 5.81. The zero-order chi connectivity index (χ0) is 23.5. The monoisotopic (exact) mass is 467 g/mol. The van der Waals surface area contributed by atoms with Gasteiger partial charge in [-0.1, -0.05) is 39.3 Å². The number of carbonyl (C=O) groups is 2. The van der Waals surface area contributed by atoms with Crippen molar-refractivity contribution in [1.29, 1.82) is 0 Å². The fourth-order valence-corrected chi connectivity index (χ4v) is 3.88. The lowest BCUT2D eigenvalue weighted by Crippen LogP contribution is -2.36. The summed E-state index contributed by atoms with van der Waals surface area (Å²) in [7, 11) is -1.36. The molecular weight excluding hydrogens is 442 g/mol. The molecule has 11 heteroatoms. The molecule has 1 aromatic carbocycles. The Morgan fingerprint density at radius 2 is 1.58 bits per heavy atom. The number of amides is 3. The maximum absolute atomic E-state index is 12.6. The van der Waals surface area contributed by atoms with Crippen molar-refractivity contribution >= 4 is 39.2 Å². The van der Waals surface area contributed by atoms with Crippen molar-refractivity contribution in [3.63, 3.8) is 0 Å². The number of nitrogens with zero attached hydrogens (tertiary/aromatic N) is 3. The van der Waals surface area contributed by atoms with Crippen LogP contribution in [0.3, 0.4) is 0 Å². The van der Waals surface area contributed by atoms with Crippen LogP contribution in [0.4, 0.5) is 10.5 Å². The minimum atomic E-state index is -4.37. The van der Waals surface area contributed by atoms with Crippen molar-refractivity contribution in [1.82, 2.24) is 19.6 Å². The van der Waals surface area contributed by atoms with E-state index in [2.05, 4.69) is 15.3 Å². The van der Waals surface area contributed by atoms with Crippen molar-refractivity contribution in [3.05, 3.63) is 46.4 Å². The van der Waals surface area contributed by atoms with Crippen molar-refractivity contribution in [2.24, 2.45) is 0 Å². The minimum Gasteiger partial charge on any atom is -0.343 e. The number of hydrogen-bond donors (Lipinski definition) is 2. The van der Waals surface area contributed by atoms with Gasteiger partial charge in [0.1, 0.15) is 5.69 Å². The Kier molecular flexibility index (Phi) is 7.61. The highest BCUT2D eigenvalue weighted by Crippen LogP contribution is 2.35. The fourth-order valence-electron chi connectivity index (χ4n) is 2.83. The van der Waals surface area contributed by atoms with Crippen molar-refractivity contribution in [3.8, 4) is 0 Å². The van der Waals surface area contributed by atoms with Crippen LogP contribution in [-0.4, -0.2) is 49.3 Å². The molecule has 0 saturated heterocycles. The van der Waals surface area contributed by atoms with Crippen LogP contribution >= 0.6 is 11.6 Å². The molecule has 168 valence electrons. The summed E-state index contributed by atoms with van der Waals surface area (Å²) in [6.45, 7) is 7.77. The van der Waals surface area contributed by atoms with Gasteiger partial charge in [-0.05, 0) is 35.1 Å². The zero-order valence-corrected chi connectivity index (χ0v) is 19.8. The molecule has 2 N–H and O–H groups in total. The maximum Gasteiger partial charge on any atom is 0.333 e. The Labute approximate surface area is 187 Å². The molecule has 3 amide bonds. The topological polar surface area (TPSA) is 121 Å². The van der Waals surface area contributed by atoms with Crippen molar-refractivity contribution in [2.75, 3.05) is 19.4 Å². The number of hydrogen-bond acceptors (Lipinski definition) is 6. The lowest BCUT2D eigenvalue weighted by molar-refractivity contribution is 0.0820. The molecule has 0 aliphatic rings. The van der Waals surface area contributed by atoms with E-state index in [1.807, 2.05) is 32.4 Å². The van der Waals surface area contributed by atoms with Gasteiger partial charge < -0.3 is 10.2 Å². The van der Waals surface area contributed by atoms with Crippen LogP contribution in [0.1, 0.15) is 61.1 Å². The van der Waals surface area contributed by atoms with E-state index in [4.69, 9.17) is 11.6 Å². The molecule has 1 aromatic heterocycles. The number of halogens is 1. The summed E-state index contributed by atoms with van der Waals surface area (Å²) in [5.41, 5.74) is 1.91. The van der Waals surface area contributed by atoms with E-state index in [-0.39, 0.29) is 17.5 Å². The lowest BCUT2D eigenvalue weighted by Gasteiger charge is -2.21. The predicted octanol–water partition coefficient (Wildman–Crippen LogP) is 3.59. The molecule has 0 saturated carbocycles. The van der Waals surface area contributed by atoms with E-state index in [0.29, 0.717) is 10.7 Å². The van der Waals surface area contributed by atoms with Crippen LogP contribution in [0.25, 0.3) is 0 Å². The SMILES string of the molecule is CC(C)c1cc(Cl)cc(C(C)C)c1NC(=O)NS(=O)(=O)c1cncc(C(=O)N(C)C)n1. The van der Waals surface area contributed by atoms with Gasteiger partial charge in [0.05, 0.1) is 12.4 Å². The van der Waals surface area contributed by atoms with Crippen LogP contribution in [0.2, 0.25) is 5.02 Å². The number of carbonyl (C=O) groups excluding carboxylic acids is 2. The van der Waals surface area contributed by atoms with Gasteiger partial charge in [0.2, 0.25) is 0 Å². The first-order chi connectivity index (χ1) is 14.3. The predicted molar refractivity (Wildman–Crippen MR) is 119 cm³/mol. The van der Waals surface area contributed by atoms with Gasteiger partial charge >= 0.3 is 6.03 Å². The zero-order valence-electron chi connectivity index (χ0n) is 18.2. The molecule has 0 radical (unpaired) electrons. The van der Waals surface area contributed by atoms with Gasteiger partial charge in [-0.2, -0.15) is 8.42 Å². The standard InChI is InChI=1S/C20H26ClN5O4S/c1-11(2)14-7-13(21)8-15(12(3)4)18(14)24-20(28)25-31(29,30)17-10-22-9-16(23-17)19(27)26(5)6/h7-12H,1-6H3,(H2,24,25,28). The Balaban J connectivity index is 2.35. The average Bonchev–Trinajstić information content (AvgIpc) is 2.67. The number of nitrogens with one attached hydrogen (secondary N) is 2. The Morgan fingerprint density at radius 3 is 2.06 bits per heavy atom. The van der Waals surface area contributed by atoms with E-state index in [1.54, 1.807) is 12.1 Å². The van der Waals surface area contributed by atoms with E-state index in [1.165, 1.54) is 19.0 Å². The quantitative estimate of drug-likeness (QED) is 0.669. The van der Waals surface area contributed by atoms with Gasteiger partial charge in [-0.3, -0.25) is 9.78 Å². The summed E-state index contributed by atoms with van der Waals surface area (Å²) in [6, 6.07) is 2.52. The number of urea groups is 1. The fraction of sp³-hybridized carbons (Fsp3) is 0.400. The molecular formula is C20H26ClN5O4S. The van der Waals surface area contributed by atoms with Crippen LogP contribution in [0.15, 0.2) is 29.6 Å². The van der Waals surface area contributed by atoms with Crippen molar-refractivity contribution < 1.29 is 18.0 Å². The molecule has 31 heavy (non-hydrogen) atoms. The summed E-state index contributed by atoms with van der Waals surface area (Å²) in [5.74, 6) is -0.455. The van der Waals surface area contributed by atoms with Crippen LogP contribution in [-0.2, 0) is 10.0 Å². The van der Waals surface area contributed by atoms with Crippen LogP contribution < -0.4 is 10.0 Å². The molecule has 2 rings (SSSR count). The molecule has 0 atom stereocenters. The highest BCUT2D eigenvalue weighted by Gasteiger charge is 2.24. The van der Waals surface area contributed by atoms with E-state index < -0.39 is 27.0 Å². The Bertz CT molecular complexity index is 1070. The second-order valence-corrected chi connectivity index (χ2v) is 9.84. The third kappa shape index (κ3) is 5.92. The normalized spacial score (nSPS) is 11.5. The van der Waals surface area contributed by atoms with E-state index >= 15 is 0 Å². The third-order valence-electron chi connectivity index (χ3n) is 4.39. The minimum absolute atomic E-state index is 0.0303. The number of aromatic nitrogens is 2. The summed E-state index contributed by atoms with van der Waals surface area (Å²) in [6.07, 6.45) is 2.11. The Hall–Kier alpha value is -2.72. The largest absolute Gasteiger partial charge is 0.343 e. The van der Waals surface area contributed by atoms with Gasteiger partial charge in [-0.15, -0.1) is 0 Å². The molecule has 0 fully saturated rings. The second kappa shape index (κ2) is 9.61. The smallest absolute Gasteiger partial charge is 0.333 e. The number of sulfonamides is 1. The summed E-state index contributed by atoms with van der Waals surface area (Å²) >= 11 is 6.23. The maximum atomic E-state index is 12.6. The highest BCUT2D eigenvalue weighted by molar-refractivity contribution is 7.90. The molecule has 9 nitrogen and oxygen atoms in total.